The molecule has 1 fully saturated rings. The van der Waals surface area contributed by atoms with Gasteiger partial charge < -0.3 is 16.4 Å². The molecule has 0 aliphatic heterocycles. The van der Waals surface area contributed by atoms with Gasteiger partial charge in [-0.15, -0.1) is 12.4 Å². The molecule has 0 spiro atoms. The van der Waals surface area contributed by atoms with Crippen molar-refractivity contribution < 1.29 is 9.59 Å². The third kappa shape index (κ3) is 5.22. The van der Waals surface area contributed by atoms with Crippen LogP contribution in [-0.4, -0.2) is 30.9 Å². The Labute approximate surface area is 143 Å². The van der Waals surface area contributed by atoms with Gasteiger partial charge in [0, 0.05) is 19.2 Å². The zero-order valence-corrected chi connectivity index (χ0v) is 14.4. The molecule has 1 saturated carbocycles. The summed E-state index contributed by atoms with van der Waals surface area (Å²) in [5, 5.41) is 5.55. The van der Waals surface area contributed by atoms with Crippen LogP contribution in [0.5, 0.6) is 0 Å². The van der Waals surface area contributed by atoms with Gasteiger partial charge in [-0.05, 0) is 37.0 Å². The van der Waals surface area contributed by atoms with Crippen LogP contribution in [0.25, 0.3) is 0 Å². The average molecular weight is 340 g/mol. The number of benzene rings is 1. The Morgan fingerprint density at radius 2 is 1.91 bits per heavy atom. The van der Waals surface area contributed by atoms with Gasteiger partial charge in [0.25, 0.3) is 5.91 Å². The zero-order chi connectivity index (χ0) is 16.0. The second kappa shape index (κ2) is 8.89. The van der Waals surface area contributed by atoms with Crippen molar-refractivity contribution in [2.45, 2.75) is 44.1 Å². The smallest absolute Gasteiger partial charge is 0.251 e. The Bertz CT molecular complexity index is 542. The maximum atomic E-state index is 12.2. The maximum Gasteiger partial charge on any atom is 0.251 e. The van der Waals surface area contributed by atoms with Gasteiger partial charge in [-0.1, -0.05) is 31.4 Å². The molecule has 1 aromatic rings. The van der Waals surface area contributed by atoms with E-state index < -0.39 is 5.54 Å². The second-order valence-corrected chi connectivity index (χ2v) is 6.00. The number of nitrogens with one attached hydrogen (secondary N) is 2. The molecule has 5 nitrogen and oxygen atoms in total. The quantitative estimate of drug-likeness (QED) is 0.764. The van der Waals surface area contributed by atoms with Crippen molar-refractivity contribution in [1.82, 2.24) is 10.6 Å². The van der Waals surface area contributed by atoms with E-state index in [2.05, 4.69) is 10.6 Å². The Kier molecular flexibility index (Phi) is 7.52. The topological polar surface area (TPSA) is 84.2 Å². The summed E-state index contributed by atoms with van der Waals surface area (Å²) >= 11 is 0. The van der Waals surface area contributed by atoms with Crippen LogP contribution < -0.4 is 16.4 Å². The van der Waals surface area contributed by atoms with Crippen molar-refractivity contribution in [3.63, 3.8) is 0 Å². The molecule has 1 aliphatic carbocycles. The summed E-state index contributed by atoms with van der Waals surface area (Å²) in [6.45, 7) is 0.537. The molecule has 128 valence electrons. The Hall–Kier alpha value is -1.59. The fraction of sp³-hybridized carbons (Fsp3) is 0.529. The van der Waals surface area contributed by atoms with E-state index in [0.717, 1.165) is 31.2 Å². The Morgan fingerprint density at radius 3 is 2.57 bits per heavy atom. The van der Waals surface area contributed by atoms with Crippen molar-refractivity contribution in [3.05, 3.63) is 35.4 Å². The maximum absolute atomic E-state index is 12.2. The van der Waals surface area contributed by atoms with Gasteiger partial charge in [0.1, 0.15) is 0 Å². The van der Waals surface area contributed by atoms with E-state index in [4.69, 9.17) is 5.73 Å². The lowest BCUT2D eigenvalue weighted by molar-refractivity contribution is -0.127. The highest BCUT2D eigenvalue weighted by Crippen LogP contribution is 2.25. The van der Waals surface area contributed by atoms with Gasteiger partial charge in [-0.2, -0.15) is 0 Å². The summed E-state index contributed by atoms with van der Waals surface area (Å²) in [7, 11) is 1.61. The molecule has 4 N–H and O–H groups in total. The lowest BCUT2D eigenvalue weighted by Gasteiger charge is -2.31. The molecular weight excluding hydrogens is 314 g/mol. The highest BCUT2D eigenvalue weighted by molar-refractivity contribution is 5.94. The van der Waals surface area contributed by atoms with Crippen LogP contribution >= 0.6 is 12.4 Å². The van der Waals surface area contributed by atoms with Gasteiger partial charge in [0.2, 0.25) is 5.91 Å². The monoisotopic (exact) mass is 339 g/mol. The average Bonchev–Trinajstić information content (AvgIpc) is 2.55. The van der Waals surface area contributed by atoms with Crippen LogP contribution in [0.4, 0.5) is 0 Å². The fourth-order valence-electron chi connectivity index (χ4n) is 2.92. The third-order valence-electron chi connectivity index (χ3n) is 4.31. The van der Waals surface area contributed by atoms with Crippen molar-refractivity contribution >= 4 is 24.2 Å². The summed E-state index contributed by atoms with van der Waals surface area (Å²) in [6, 6.07) is 7.44. The lowest BCUT2D eigenvalue weighted by Crippen LogP contribution is -2.55. The lowest BCUT2D eigenvalue weighted by atomic mass is 9.82. The standard InChI is InChI=1S/C17H25N3O2.ClH/c1-19-15(21)14-7-5-6-13(12-14)8-11-20-16(22)17(18)9-3-2-4-10-17;/h5-7,12H,2-4,8-11,18H2,1H3,(H,19,21)(H,20,22);1H. The minimum atomic E-state index is -0.692. The number of amides is 2. The molecule has 1 aliphatic rings. The number of carbonyl (C=O) groups is 2. The van der Waals surface area contributed by atoms with Crippen molar-refractivity contribution in [3.8, 4) is 0 Å². The second-order valence-electron chi connectivity index (χ2n) is 6.00. The predicted octanol–water partition coefficient (Wildman–Crippen LogP) is 1.79. The minimum Gasteiger partial charge on any atom is -0.355 e. The van der Waals surface area contributed by atoms with Gasteiger partial charge >= 0.3 is 0 Å². The number of hydrogen-bond donors (Lipinski definition) is 3. The number of rotatable bonds is 5. The van der Waals surface area contributed by atoms with Crippen LogP contribution in [0.3, 0.4) is 0 Å². The van der Waals surface area contributed by atoms with Crippen LogP contribution in [0, 0.1) is 0 Å². The van der Waals surface area contributed by atoms with Gasteiger partial charge in [0.05, 0.1) is 5.54 Å². The van der Waals surface area contributed by atoms with Crippen LogP contribution in [0.2, 0.25) is 0 Å². The summed E-state index contributed by atoms with van der Waals surface area (Å²) in [6.07, 6.45) is 5.44. The molecular formula is C17H26ClN3O2. The van der Waals surface area contributed by atoms with Gasteiger partial charge in [-0.25, -0.2) is 0 Å². The molecule has 2 rings (SSSR count). The van der Waals surface area contributed by atoms with Crippen molar-refractivity contribution in [2.75, 3.05) is 13.6 Å². The van der Waals surface area contributed by atoms with E-state index in [0.29, 0.717) is 18.5 Å². The molecule has 0 unspecified atom stereocenters. The molecule has 0 bridgehead atoms. The SMILES string of the molecule is CNC(=O)c1cccc(CCNC(=O)C2(N)CCCCC2)c1.Cl. The molecule has 0 radical (unpaired) electrons. The number of carbonyl (C=O) groups excluding carboxylic acids is 2. The normalized spacial score (nSPS) is 16.1. The largest absolute Gasteiger partial charge is 0.355 e. The number of halogens is 1. The third-order valence-corrected chi connectivity index (χ3v) is 4.31. The molecule has 23 heavy (non-hydrogen) atoms. The van der Waals surface area contributed by atoms with E-state index in [9.17, 15) is 9.59 Å². The Balaban J connectivity index is 0.00000264. The van der Waals surface area contributed by atoms with E-state index in [1.165, 1.54) is 6.42 Å². The summed E-state index contributed by atoms with van der Waals surface area (Å²) in [5.41, 5.74) is 7.16. The summed E-state index contributed by atoms with van der Waals surface area (Å²) in [5.74, 6) is -0.149. The highest BCUT2D eigenvalue weighted by atomic mass is 35.5. The van der Waals surface area contributed by atoms with Gasteiger partial charge in [-0.3, -0.25) is 9.59 Å². The molecule has 1 aromatic carbocycles. The molecule has 0 aromatic heterocycles. The summed E-state index contributed by atoms with van der Waals surface area (Å²) in [4.78, 5) is 23.8. The number of hydrogen-bond acceptors (Lipinski definition) is 3. The number of nitrogens with two attached hydrogens (primary N) is 1. The van der Waals surface area contributed by atoms with Crippen LogP contribution in [0.15, 0.2) is 24.3 Å². The van der Waals surface area contributed by atoms with Crippen molar-refractivity contribution in [1.29, 1.82) is 0 Å². The van der Waals surface area contributed by atoms with E-state index in [1.54, 1.807) is 13.1 Å². The van der Waals surface area contributed by atoms with Gasteiger partial charge in [0.15, 0.2) is 0 Å². The molecule has 2 amide bonds. The van der Waals surface area contributed by atoms with E-state index in [-0.39, 0.29) is 24.2 Å². The first-order valence-electron chi connectivity index (χ1n) is 7.93. The first kappa shape index (κ1) is 19.5. The van der Waals surface area contributed by atoms with Crippen LogP contribution in [0.1, 0.15) is 48.0 Å². The summed E-state index contributed by atoms with van der Waals surface area (Å²) < 4.78 is 0. The predicted molar refractivity (Wildman–Crippen MR) is 93.8 cm³/mol. The van der Waals surface area contributed by atoms with E-state index in [1.807, 2.05) is 18.2 Å². The molecule has 6 heteroatoms. The fourth-order valence-corrected chi connectivity index (χ4v) is 2.92. The highest BCUT2D eigenvalue weighted by Gasteiger charge is 2.34. The molecule has 0 saturated heterocycles. The van der Waals surface area contributed by atoms with E-state index >= 15 is 0 Å². The first-order chi connectivity index (χ1) is 10.5. The van der Waals surface area contributed by atoms with Crippen molar-refractivity contribution in [2.24, 2.45) is 5.73 Å². The Morgan fingerprint density at radius 1 is 1.22 bits per heavy atom. The van der Waals surface area contributed by atoms with Crippen LogP contribution in [-0.2, 0) is 11.2 Å². The minimum absolute atomic E-state index is 0. The zero-order valence-electron chi connectivity index (χ0n) is 13.6. The molecule has 0 heterocycles. The first-order valence-corrected chi connectivity index (χ1v) is 7.93. The molecule has 0 atom stereocenters.